The third kappa shape index (κ3) is 4.20. The number of nitrogens with two attached hydrogens (primary N) is 1. The van der Waals surface area contributed by atoms with E-state index in [1.807, 2.05) is 22.9 Å². The van der Waals surface area contributed by atoms with Crippen molar-refractivity contribution in [2.75, 3.05) is 31.4 Å². The van der Waals surface area contributed by atoms with Gasteiger partial charge in [-0.15, -0.1) is 5.10 Å². The molecule has 0 bridgehead atoms. The number of rotatable bonds is 6. The van der Waals surface area contributed by atoms with E-state index in [4.69, 9.17) is 26.8 Å². The van der Waals surface area contributed by atoms with Crippen LogP contribution in [0.5, 0.6) is 5.75 Å². The molecule has 1 fully saturated rings. The third-order valence-corrected chi connectivity index (χ3v) is 6.31. The molecular formula is C24H25ClN6O3. The molecule has 4 aromatic rings. The zero-order valence-electron chi connectivity index (χ0n) is 18.7. The Labute approximate surface area is 201 Å². The summed E-state index contributed by atoms with van der Waals surface area (Å²) < 4.78 is 14.6. The van der Waals surface area contributed by atoms with Crippen molar-refractivity contribution in [1.82, 2.24) is 19.4 Å². The fourth-order valence-electron chi connectivity index (χ4n) is 4.37. The Bertz CT molecular complexity index is 1340. The van der Waals surface area contributed by atoms with Crippen molar-refractivity contribution in [3.63, 3.8) is 0 Å². The van der Waals surface area contributed by atoms with Gasteiger partial charge in [0.25, 0.3) is 5.91 Å². The number of amides is 1. The smallest absolute Gasteiger partial charge is 0.261 e. The summed E-state index contributed by atoms with van der Waals surface area (Å²) in [6.07, 6.45) is 5.30. The van der Waals surface area contributed by atoms with Gasteiger partial charge < -0.3 is 20.5 Å². The molecule has 1 aliphatic rings. The number of carbonyl (C=O) groups excluding carboxylic acids is 1. The van der Waals surface area contributed by atoms with Crippen molar-refractivity contribution in [2.45, 2.75) is 19.4 Å². The summed E-state index contributed by atoms with van der Waals surface area (Å²) in [6, 6.07) is 10.8. The van der Waals surface area contributed by atoms with E-state index < -0.39 is 0 Å². The zero-order valence-corrected chi connectivity index (χ0v) is 19.5. The molecule has 0 atom stereocenters. The van der Waals surface area contributed by atoms with Crippen LogP contribution in [-0.4, -0.2) is 45.6 Å². The Hall–Kier alpha value is -3.56. The predicted octanol–water partition coefficient (Wildman–Crippen LogP) is 4.12. The van der Waals surface area contributed by atoms with E-state index >= 15 is 0 Å². The predicted molar refractivity (Wildman–Crippen MR) is 130 cm³/mol. The third-order valence-electron chi connectivity index (χ3n) is 6.07. The van der Waals surface area contributed by atoms with Gasteiger partial charge in [-0.05, 0) is 49.1 Å². The van der Waals surface area contributed by atoms with Crippen molar-refractivity contribution in [1.29, 1.82) is 0 Å². The largest absolute Gasteiger partial charge is 0.496 e. The first-order chi connectivity index (χ1) is 16.5. The summed E-state index contributed by atoms with van der Waals surface area (Å²) in [5, 5.41) is 12.4. The minimum absolute atomic E-state index is 0.153. The molecule has 4 heterocycles. The Balaban J connectivity index is 1.56. The van der Waals surface area contributed by atoms with Gasteiger partial charge in [0.15, 0.2) is 5.82 Å². The molecule has 0 radical (unpaired) electrons. The molecule has 176 valence electrons. The molecule has 34 heavy (non-hydrogen) atoms. The Morgan fingerprint density at radius 3 is 2.91 bits per heavy atom. The van der Waals surface area contributed by atoms with Crippen LogP contribution in [0.3, 0.4) is 0 Å². The van der Waals surface area contributed by atoms with E-state index in [1.165, 1.54) is 0 Å². The maximum atomic E-state index is 13.4. The average molecular weight is 481 g/mol. The second-order valence-electron chi connectivity index (χ2n) is 8.23. The van der Waals surface area contributed by atoms with E-state index in [-0.39, 0.29) is 11.7 Å². The monoisotopic (exact) mass is 480 g/mol. The van der Waals surface area contributed by atoms with Gasteiger partial charge in [0, 0.05) is 36.5 Å². The number of hydrogen-bond acceptors (Lipinski definition) is 6. The molecule has 0 spiro atoms. The first-order valence-electron chi connectivity index (χ1n) is 11.1. The van der Waals surface area contributed by atoms with Crippen LogP contribution >= 0.6 is 11.6 Å². The first kappa shape index (κ1) is 22.2. The van der Waals surface area contributed by atoms with E-state index in [1.54, 1.807) is 42.2 Å². The highest BCUT2D eigenvalue weighted by molar-refractivity contribution is 6.31. The van der Waals surface area contributed by atoms with Gasteiger partial charge >= 0.3 is 0 Å². The maximum Gasteiger partial charge on any atom is 0.261 e. The number of hydrogen-bond donors (Lipinski definition) is 2. The number of nitrogens with one attached hydrogen (secondary N) is 1. The van der Waals surface area contributed by atoms with Gasteiger partial charge in [-0.2, -0.15) is 5.10 Å². The summed E-state index contributed by atoms with van der Waals surface area (Å²) in [5.74, 6) is 0.826. The molecule has 1 aliphatic heterocycles. The van der Waals surface area contributed by atoms with Gasteiger partial charge in [-0.3, -0.25) is 9.48 Å². The zero-order chi connectivity index (χ0) is 23.7. The second kappa shape index (κ2) is 9.36. The first-order valence-corrected chi connectivity index (χ1v) is 11.4. The lowest BCUT2D eigenvalue weighted by atomic mass is 10.00. The molecule has 0 unspecified atom stereocenters. The van der Waals surface area contributed by atoms with Crippen molar-refractivity contribution in [3.05, 3.63) is 59.4 Å². The van der Waals surface area contributed by atoms with E-state index in [2.05, 4.69) is 15.5 Å². The summed E-state index contributed by atoms with van der Waals surface area (Å²) in [7, 11) is 1.60. The fourth-order valence-corrected chi connectivity index (χ4v) is 4.54. The van der Waals surface area contributed by atoms with E-state index in [0.29, 0.717) is 45.7 Å². The number of halogens is 1. The van der Waals surface area contributed by atoms with E-state index in [0.717, 1.165) is 31.6 Å². The van der Waals surface area contributed by atoms with Crippen LogP contribution in [0, 0.1) is 5.92 Å². The molecule has 1 amide bonds. The lowest BCUT2D eigenvalue weighted by Gasteiger charge is -2.23. The standard InChI is InChI=1S/C24H25ClN6O3/c1-33-20-6-5-16(25)12-17(20)22-18(13-27-31(22)14-15-7-10-34-11-8-15)28-24(32)21-19-4-2-3-9-30(19)29-23(21)26/h2-6,9,12-13,15H,7-8,10-11,14H2,1H3,(H2,26,29)(H,28,32). The highest BCUT2D eigenvalue weighted by Gasteiger charge is 2.25. The second-order valence-corrected chi connectivity index (χ2v) is 8.67. The summed E-state index contributed by atoms with van der Waals surface area (Å²) >= 11 is 6.34. The van der Waals surface area contributed by atoms with E-state index in [9.17, 15) is 4.79 Å². The number of pyridine rings is 1. The quantitative estimate of drug-likeness (QED) is 0.429. The Kier molecular flexibility index (Phi) is 6.12. The van der Waals surface area contributed by atoms with Crippen LogP contribution in [0.1, 0.15) is 23.2 Å². The van der Waals surface area contributed by atoms with Gasteiger partial charge in [0.2, 0.25) is 0 Å². The van der Waals surface area contributed by atoms with Gasteiger partial charge in [-0.1, -0.05) is 17.7 Å². The van der Waals surface area contributed by atoms with Crippen molar-refractivity contribution in [2.24, 2.45) is 5.92 Å². The Morgan fingerprint density at radius 1 is 1.29 bits per heavy atom. The van der Waals surface area contributed by atoms with Crippen LogP contribution in [0.15, 0.2) is 48.8 Å². The fraction of sp³-hybridized carbons (Fsp3) is 0.292. The number of fused-ring (bicyclic) bond motifs is 1. The van der Waals surface area contributed by atoms with Crippen LogP contribution in [-0.2, 0) is 11.3 Å². The molecule has 3 N–H and O–H groups in total. The SMILES string of the molecule is COc1ccc(Cl)cc1-c1c(NC(=O)c2c(N)nn3ccccc23)cnn1CC1CCOCC1. The molecule has 0 saturated carbocycles. The van der Waals surface area contributed by atoms with Crippen LogP contribution in [0.2, 0.25) is 5.02 Å². The van der Waals surface area contributed by atoms with Crippen LogP contribution in [0.4, 0.5) is 11.5 Å². The molecule has 9 nitrogen and oxygen atoms in total. The van der Waals surface area contributed by atoms with Crippen LogP contribution in [0.25, 0.3) is 16.8 Å². The molecule has 1 saturated heterocycles. The minimum atomic E-state index is -0.369. The molecular weight excluding hydrogens is 456 g/mol. The normalized spacial score (nSPS) is 14.4. The highest BCUT2D eigenvalue weighted by Crippen LogP contribution is 2.38. The number of anilines is 2. The number of nitrogens with zero attached hydrogens (tertiary/aromatic N) is 4. The molecule has 5 rings (SSSR count). The number of benzene rings is 1. The van der Waals surface area contributed by atoms with Crippen molar-refractivity contribution in [3.8, 4) is 17.0 Å². The number of aromatic nitrogens is 4. The molecule has 1 aromatic carbocycles. The Morgan fingerprint density at radius 2 is 2.12 bits per heavy atom. The number of methoxy groups -OCH3 is 1. The summed E-state index contributed by atoms with van der Waals surface area (Å²) in [4.78, 5) is 13.4. The van der Waals surface area contributed by atoms with Crippen molar-refractivity contribution >= 4 is 34.5 Å². The van der Waals surface area contributed by atoms with Crippen molar-refractivity contribution < 1.29 is 14.3 Å². The molecule has 10 heteroatoms. The number of ether oxygens (including phenoxy) is 2. The van der Waals surface area contributed by atoms with Gasteiger partial charge in [0.1, 0.15) is 11.3 Å². The lowest BCUT2D eigenvalue weighted by Crippen LogP contribution is -2.21. The van der Waals surface area contributed by atoms with Crippen LogP contribution < -0.4 is 15.8 Å². The number of carbonyl (C=O) groups is 1. The highest BCUT2D eigenvalue weighted by atomic mass is 35.5. The summed E-state index contributed by atoms with van der Waals surface area (Å²) in [6.45, 7) is 2.15. The van der Waals surface area contributed by atoms with Gasteiger partial charge in [0.05, 0.1) is 30.2 Å². The number of nitrogen functional groups attached to an aromatic ring is 1. The van der Waals surface area contributed by atoms with Gasteiger partial charge in [-0.25, -0.2) is 4.52 Å². The molecule has 0 aliphatic carbocycles. The lowest BCUT2D eigenvalue weighted by molar-refractivity contribution is 0.0603. The maximum absolute atomic E-state index is 13.4. The minimum Gasteiger partial charge on any atom is -0.496 e. The summed E-state index contributed by atoms with van der Waals surface area (Å²) in [5.41, 5.74) is 9.01. The topological polar surface area (TPSA) is 109 Å². The molecule has 3 aromatic heterocycles. The average Bonchev–Trinajstić information content (AvgIpc) is 3.39.